The van der Waals surface area contributed by atoms with Gasteiger partial charge in [0.2, 0.25) is 5.91 Å². The van der Waals surface area contributed by atoms with E-state index >= 15 is 0 Å². The minimum atomic E-state index is -0.903. The van der Waals surface area contributed by atoms with Gasteiger partial charge in [-0.05, 0) is 94.4 Å². The van der Waals surface area contributed by atoms with E-state index < -0.39 is 35.2 Å². The van der Waals surface area contributed by atoms with Gasteiger partial charge in [-0.3, -0.25) is 29.3 Å². The van der Waals surface area contributed by atoms with Crippen molar-refractivity contribution in [3.8, 4) is 0 Å². The van der Waals surface area contributed by atoms with Crippen LogP contribution in [0, 0.1) is 10.8 Å². The average Bonchev–Trinajstić information content (AvgIpc) is 1.73. The van der Waals surface area contributed by atoms with Crippen molar-refractivity contribution in [1.29, 1.82) is 0 Å². The summed E-state index contributed by atoms with van der Waals surface area (Å²) < 4.78 is 90.4. The molecular weight excluding hydrogens is 1320 g/mol. The van der Waals surface area contributed by atoms with Crippen molar-refractivity contribution in [3.05, 3.63) is 0 Å². The van der Waals surface area contributed by atoms with Crippen molar-refractivity contribution < 1.29 is 99.8 Å². The first-order valence-corrected chi connectivity index (χ1v) is 36.9. The summed E-state index contributed by atoms with van der Waals surface area (Å²) in [5, 5.41) is 13.9. The number of alkyl carbamates (subject to hydrolysis) is 4. The van der Waals surface area contributed by atoms with Gasteiger partial charge in [0.25, 0.3) is 0 Å². The number of hydrogen-bond donors (Lipinski definition) is 5. The van der Waals surface area contributed by atoms with Crippen molar-refractivity contribution in [2.45, 2.75) is 156 Å². The highest BCUT2D eigenvalue weighted by Crippen LogP contribution is 2.25. The second-order valence-corrected chi connectivity index (χ2v) is 27.6. The zero-order valence-electron chi connectivity index (χ0n) is 64.3. The molecule has 0 spiro atoms. The van der Waals surface area contributed by atoms with Gasteiger partial charge in [0.15, 0.2) is 0 Å². The Kier molecular flexibility index (Phi) is 49.1. The first-order chi connectivity index (χ1) is 48.5. The molecule has 5 rings (SSSR count). The molecular formula is C70H136N10O21. The largest absolute Gasteiger partial charge is 0.447 e. The summed E-state index contributed by atoms with van der Waals surface area (Å²) in [4.78, 5) is 71.3. The molecule has 0 aromatic carbocycles. The summed E-state index contributed by atoms with van der Waals surface area (Å²) in [5.74, 6) is 0.0722. The highest BCUT2D eigenvalue weighted by atomic mass is 16.6. The third kappa shape index (κ3) is 47.9. The van der Waals surface area contributed by atoms with Gasteiger partial charge in [0.05, 0.1) is 141 Å². The molecule has 0 radical (unpaired) electrons. The normalized spacial score (nSPS) is 18.9. The molecule has 0 bridgehead atoms. The number of amides is 5. The molecule has 0 aliphatic carbocycles. The SMILES string of the molecule is CC(=O)NCCC(C)N1CC1.CC(CCNC(=O)OCCOCC(COCCOC(=O)NCCC(C)N1CC1)(COCCOC(=O)NCCC(C)N1CC1)COCCOC(=O)NCCC(C)N1CC1)N1CC1.COCC(C)OCC(COCC(C)OC)(COCC(C)OC)COC(C)COC. The summed E-state index contributed by atoms with van der Waals surface area (Å²) in [5.41, 5.74) is -1.38. The van der Waals surface area contributed by atoms with E-state index in [4.69, 9.17) is 75.8 Å². The fraction of sp³-hybridized carbons (Fsp3) is 0.929. The molecule has 5 amide bonds. The Balaban J connectivity index is 0.000000544. The van der Waals surface area contributed by atoms with Crippen LogP contribution >= 0.6 is 0 Å². The highest BCUT2D eigenvalue weighted by Gasteiger charge is 2.36. The standard InChI is InChI=1S/C41H76N8O12.C21H44O8.C8H16N2O/c1-33(46-13-14-46)5-9-42-37(50)58-25-21-54-29-41(30-55-22-26-59-38(51)43-10-6-34(2)47-15-16-47,31-56-23-27-60-39(52)44-11-7-35(3)48-17-18-48)32-57-24-28-61-40(53)45-12-8-36(4)49-19-20-49;1-17(24-7)11-26-13-21(14-27-12-18(2)25-8,15-28-19(3)9-22-5)16-29-20(4)10-23-6;1-7(10-5-6-10)3-4-9-8(2)11/h33-36H,5-32H2,1-4H3,(H,42,50)(H,43,51)(H,44,52)(H,45,53);17-20H,9-16H2,1-8H3;7H,3-6H2,1-2H3,(H,9,11). The van der Waals surface area contributed by atoms with Crippen LogP contribution in [0.4, 0.5) is 19.2 Å². The molecule has 0 aromatic rings. The summed E-state index contributed by atoms with van der Waals surface area (Å²) in [6, 6.07) is 2.29. The predicted molar refractivity (Wildman–Crippen MR) is 382 cm³/mol. The zero-order valence-corrected chi connectivity index (χ0v) is 64.3. The van der Waals surface area contributed by atoms with Crippen LogP contribution in [0.5, 0.6) is 0 Å². The fourth-order valence-corrected chi connectivity index (χ4v) is 10.2. The van der Waals surface area contributed by atoms with Gasteiger partial charge in [-0.15, -0.1) is 0 Å². The first kappa shape index (κ1) is 91.1. The van der Waals surface area contributed by atoms with Gasteiger partial charge >= 0.3 is 24.4 Å². The maximum absolute atomic E-state index is 12.3. The lowest BCUT2D eigenvalue weighted by molar-refractivity contribution is -0.146. The van der Waals surface area contributed by atoms with Crippen LogP contribution in [0.25, 0.3) is 0 Å². The van der Waals surface area contributed by atoms with Crippen molar-refractivity contribution in [1.82, 2.24) is 51.1 Å². The number of hydrogen-bond acceptors (Lipinski definition) is 26. The lowest BCUT2D eigenvalue weighted by atomic mass is 9.92. The van der Waals surface area contributed by atoms with Crippen LogP contribution in [0.3, 0.4) is 0 Å². The molecule has 592 valence electrons. The Labute approximate surface area is 604 Å². The Morgan fingerprint density at radius 2 is 0.554 bits per heavy atom. The molecule has 9 unspecified atom stereocenters. The van der Waals surface area contributed by atoms with E-state index in [0.717, 1.165) is 91.0 Å². The van der Waals surface area contributed by atoms with E-state index in [0.29, 0.717) is 109 Å². The second-order valence-electron chi connectivity index (χ2n) is 27.6. The molecule has 0 aromatic heterocycles. The van der Waals surface area contributed by atoms with Crippen LogP contribution in [0.1, 0.15) is 101 Å². The molecule has 5 N–H and O–H groups in total. The molecule has 5 fully saturated rings. The summed E-state index contributed by atoms with van der Waals surface area (Å²) >= 11 is 0. The maximum Gasteiger partial charge on any atom is 0.407 e. The van der Waals surface area contributed by atoms with Crippen LogP contribution in [-0.2, 0) is 80.6 Å². The third-order valence-electron chi connectivity index (χ3n) is 17.7. The predicted octanol–water partition coefficient (Wildman–Crippen LogP) is 3.72. The fourth-order valence-electron chi connectivity index (χ4n) is 10.2. The van der Waals surface area contributed by atoms with E-state index in [2.05, 4.69) is 85.7 Å². The number of nitrogens with zero attached hydrogens (tertiary/aromatic N) is 5. The molecule has 0 saturated carbocycles. The lowest BCUT2D eigenvalue weighted by Gasteiger charge is -2.35. The van der Waals surface area contributed by atoms with E-state index in [9.17, 15) is 24.0 Å². The van der Waals surface area contributed by atoms with Gasteiger partial charge in [-0.2, -0.15) is 0 Å². The van der Waals surface area contributed by atoms with Crippen molar-refractivity contribution in [2.24, 2.45) is 10.8 Å². The van der Waals surface area contributed by atoms with Crippen LogP contribution in [-0.4, -0.2) is 368 Å². The van der Waals surface area contributed by atoms with E-state index in [1.807, 2.05) is 27.7 Å². The number of methoxy groups -OCH3 is 4. The number of nitrogens with one attached hydrogen (secondary N) is 5. The monoisotopic (exact) mass is 1450 g/mol. The van der Waals surface area contributed by atoms with Gasteiger partial charge < -0.3 is 102 Å². The second kappa shape index (κ2) is 54.5. The Morgan fingerprint density at radius 3 is 0.782 bits per heavy atom. The average molecular weight is 1450 g/mol. The van der Waals surface area contributed by atoms with E-state index in [-0.39, 0.29) is 110 Å². The van der Waals surface area contributed by atoms with E-state index in [1.165, 1.54) is 13.1 Å². The molecule has 31 nitrogen and oxygen atoms in total. The van der Waals surface area contributed by atoms with Crippen molar-refractivity contribution >= 4 is 30.3 Å². The minimum Gasteiger partial charge on any atom is -0.447 e. The van der Waals surface area contributed by atoms with Crippen molar-refractivity contribution in [2.75, 3.05) is 259 Å². The maximum atomic E-state index is 12.3. The summed E-state index contributed by atoms with van der Waals surface area (Å²) in [6.45, 7) is 38.8. The van der Waals surface area contributed by atoms with Gasteiger partial charge in [0, 0.05) is 164 Å². The molecule has 5 saturated heterocycles. The smallest absolute Gasteiger partial charge is 0.407 e. The number of rotatable bonds is 60. The summed E-state index contributed by atoms with van der Waals surface area (Å²) in [6.07, 6.45) is 2.27. The Hall–Kier alpha value is -4.13. The summed E-state index contributed by atoms with van der Waals surface area (Å²) in [7, 11) is 6.66. The van der Waals surface area contributed by atoms with Crippen molar-refractivity contribution in [3.63, 3.8) is 0 Å². The molecule has 101 heavy (non-hydrogen) atoms. The third-order valence-corrected chi connectivity index (χ3v) is 17.7. The molecule has 31 heteroatoms. The van der Waals surface area contributed by atoms with E-state index in [1.54, 1.807) is 35.4 Å². The van der Waals surface area contributed by atoms with Gasteiger partial charge in [0.1, 0.15) is 26.4 Å². The highest BCUT2D eigenvalue weighted by molar-refractivity contribution is 5.72. The first-order valence-electron chi connectivity index (χ1n) is 36.9. The zero-order chi connectivity index (χ0) is 74.1. The molecule has 5 heterocycles. The molecule has 5 aliphatic heterocycles. The Morgan fingerprint density at radius 1 is 0.317 bits per heavy atom. The van der Waals surface area contributed by atoms with Gasteiger partial charge in [-0.25, -0.2) is 19.2 Å². The van der Waals surface area contributed by atoms with Crippen LogP contribution < -0.4 is 26.6 Å². The quantitative estimate of drug-likeness (QED) is 0.0329. The van der Waals surface area contributed by atoms with Crippen LogP contribution in [0.2, 0.25) is 0 Å². The molecule has 5 aliphatic rings. The number of carbonyl (C=O) groups is 5. The van der Waals surface area contributed by atoms with Crippen LogP contribution in [0.15, 0.2) is 0 Å². The number of carbonyl (C=O) groups excluding carboxylic acids is 5. The van der Waals surface area contributed by atoms with Gasteiger partial charge in [-0.1, -0.05) is 0 Å². The topological polar surface area (TPSA) is 308 Å². The molecule has 9 atom stereocenters. The lowest BCUT2D eigenvalue weighted by Crippen LogP contribution is -2.44. The Bertz CT molecular complexity index is 1930. The minimum absolute atomic E-state index is 0.00352. The number of ether oxygens (including phenoxy) is 16.